The monoisotopic (exact) mass is 335 g/mol. The van der Waals surface area contributed by atoms with Crippen LogP contribution < -0.4 is 4.74 Å². The van der Waals surface area contributed by atoms with Gasteiger partial charge in [-0.3, -0.25) is 4.79 Å². The molecule has 0 heterocycles. The number of carboxylic acid groups (broad SMARTS) is 1. The zero-order valence-corrected chi connectivity index (χ0v) is 12.8. The van der Waals surface area contributed by atoms with Gasteiger partial charge in [-0.15, -0.1) is 0 Å². The fourth-order valence-corrected chi connectivity index (χ4v) is 2.06. The van der Waals surface area contributed by atoms with Crippen molar-refractivity contribution in [3.63, 3.8) is 0 Å². The second kappa shape index (κ2) is 7.54. The fraction of sp³-hybridized carbons (Fsp3) is 0.176. The number of carbonyl (C=O) groups is 2. The van der Waals surface area contributed by atoms with Crippen molar-refractivity contribution in [2.45, 2.75) is 6.54 Å². The van der Waals surface area contributed by atoms with Crippen molar-refractivity contribution in [2.24, 2.45) is 0 Å². The maximum absolute atomic E-state index is 13.7. The molecule has 0 unspecified atom stereocenters. The van der Waals surface area contributed by atoms with Gasteiger partial charge in [0.1, 0.15) is 17.4 Å². The second-order valence-corrected chi connectivity index (χ2v) is 5.11. The maximum Gasteiger partial charge on any atom is 0.341 e. The van der Waals surface area contributed by atoms with Gasteiger partial charge in [0.25, 0.3) is 5.91 Å². The SMILES string of the molecule is CN(Cc1ccc(F)cc1F)C(=O)c1cccc(OCC(=O)O)c1. The van der Waals surface area contributed by atoms with Gasteiger partial charge in [0.15, 0.2) is 6.61 Å². The number of hydrogen-bond acceptors (Lipinski definition) is 3. The average molecular weight is 335 g/mol. The van der Waals surface area contributed by atoms with Crippen LogP contribution in [0.1, 0.15) is 15.9 Å². The molecular formula is C17H15F2NO4. The summed E-state index contributed by atoms with van der Waals surface area (Å²) < 4.78 is 31.6. The summed E-state index contributed by atoms with van der Waals surface area (Å²) in [5.74, 6) is -2.71. The minimum atomic E-state index is -1.13. The largest absolute Gasteiger partial charge is 0.482 e. The van der Waals surface area contributed by atoms with Gasteiger partial charge < -0.3 is 14.7 Å². The Labute approximate surface area is 137 Å². The average Bonchev–Trinajstić information content (AvgIpc) is 2.55. The highest BCUT2D eigenvalue weighted by molar-refractivity contribution is 5.94. The first kappa shape index (κ1) is 17.4. The number of amides is 1. The zero-order chi connectivity index (χ0) is 17.7. The normalized spacial score (nSPS) is 10.3. The summed E-state index contributed by atoms with van der Waals surface area (Å²) in [5.41, 5.74) is 0.452. The van der Waals surface area contributed by atoms with Crippen LogP contribution in [0.3, 0.4) is 0 Å². The number of aliphatic carboxylic acids is 1. The van der Waals surface area contributed by atoms with Gasteiger partial charge in [-0.1, -0.05) is 12.1 Å². The van der Waals surface area contributed by atoms with Gasteiger partial charge in [-0.25, -0.2) is 13.6 Å². The molecule has 0 atom stereocenters. The van der Waals surface area contributed by atoms with E-state index in [1.165, 1.54) is 36.2 Å². The van der Waals surface area contributed by atoms with Gasteiger partial charge in [0, 0.05) is 30.8 Å². The lowest BCUT2D eigenvalue weighted by Gasteiger charge is -2.18. The van der Waals surface area contributed by atoms with Crippen LogP contribution in [0.15, 0.2) is 42.5 Å². The van der Waals surface area contributed by atoms with Crippen LogP contribution >= 0.6 is 0 Å². The maximum atomic E-state index is 13.7. The smallest absolute Gasteiger partial charge is 0.341 e. The standard InChI is InChI=1S/C17H15F2NO4/c1-20(9-12-5-6-13(18)8-15(12)19)17(23)11-3-2-4-14(7-11)24-10-16(21)22/h2-8H,9-10H2,1H3,(H,21,22). The molecule has 2 rings (SSSR count). The summed E-state index contributed by atoms with van der Waals surface area (Å²) in [6.07, 6.45) is 0. The van der Waals surface area contributed by atoms with E-state index in [4.69, 9.17) is 9.84 Å². The van der Waals surface area contributed by atoms with E-state index in [0.717, 1.165) is 12.1 Å². The summed E-state index contributed by atoms with van der Waals surface area (Å²) in [6, 6.07) is 9.18. The number of benzene rings is 2. The van der Waals surface area contributed by atoms with E-state index in [0.29, 0.717) is 0 Å². The van der Waals surface area contributed by atoms with Crippen molar-refractivity contribution in [1.82, 2.24) is 4.90 Å². The van der Waals surface area contributed by atoms with E-state index >= 15 is 0 Å². The summed E-state index contributed by atoms with van der Waals surface area (Å²) in [4.78, 5) is 24.1. The molecule has 2 aromatic carbocycles. The van der Waals surface area contributed by atoms with Gasteiger partial charge in [0.05, 0.1) is 0 Å². The summed E-state index contributed by atoms with van der Waals surface area (Å²) >= 11 is 0. The Hall–Kier alpha value is -2.96. The fourth-order valence-electron chi connectivity index (χ4n) is 2.06. The Morgan fingerprint density at radius 2 is 1.92 bits per heavy atom. The second-order valence-electron chi connectivity index (χ2n) is 5.11. The quantitative estimate of drug-likeness (QED) is 0.881. The molecule has 0 aliphatic carbocycles. The lowest BCUT2D eigenvalue weighted by Crippen LogP contribution is -2.26. The molecule has 126 valence electrons. The topological polar surface area (TPSA) is 66.8 Å². The summed E-state index contributed by atoms with van der Waals surface area (Å²) in [5, 5.41) is 8.59. The van der Waals surface area contributed by atoms with Gasteiger partial charge in [0.2, 0.25) is 0 Å². The molecule has 24 heavy (non-hydrogen) atoms. The minimum Gasteiger partial charge on any atom is -0.482 e. The third-order valence-corrected chi connectivity index (χ3v) is 3.21. The highest BCUT2D eigenvalue weighted by Gasteiger charge is 2.15. The van der Waals surface area contributed by atoms with Crippen molar-refractivity contribution < 1.29 is 28.2 Å². The van der Waals surface area contributed by atoms with E-state index in [-0.39, 0.29) is 23.4 Å². The number of halogens is 2. The van der Waals surface area contributed by atoms with E-state index in [9.17, 15) is 18.4 Å². The lowest BCUT2D eigenvalue weighted by molar-refractivity contribution is -0.139. The van der Waals surface area contributed by atoms with Crippen LogP contribution in [0, 0.1) is 11.6 Å². The molecule has 0 saturated carbocycles. The van der Waals surface area contributed by atoms with E-state index in [2.05, 4.69) is 0 Å². The third kappa shape index (κ3) is 4.52. The number of rotatable bonds is 6. The van der Waals surface area contributed by atoms with Gasteiger partial charge in [-0.2, -0.15) is 0 Å². The number of ether oxygens (including phenoxy) is 1. The Morgan fingerprint density at radius 3 is 2.58 bits per heavy atom. The molecule has 1 amide bonds. The highest BCUT2D eigenvalue weighted by atomic mass is 19.1. The molecule has 5 nitrogen and oxygen atoms in total. The summed E-state index contributed by atoms with van der Waals surface area (Å²) in [7, 11) is 1.48. The van der Waals surface area contributed by atoms with Crippen molar-refractivity contribution >= 4 is 11.9 Å². The molecule has 7 heteroatoms. The van der Waals surface area contributed by atoms with Crippen LogP contribution in [0.4, 0.5) is 8.78 Å². The molecule has 0 radical (unpaired) electrons. The molecule has 0 aliphatic rings. The minimum absolute atomic E-state index is 0.0366. The highest BCUT2D eigenvalue weighted by Crippen LogP contribution is 2.17. The van der Waals surface area contributed by atoms with Gasteiger partial charge >= 0.3 is 5.97 Å². The van der Waals surface area contributed by atoms with E-state index in [1.54, 1.807) is 6.07 Å². The molecule has 0 aliphatic heterocycles. The molecule has 0 saturated heterocycles. The first-order chi connectivity index (χ1) is 11.4. The number of carboxylic acids is 1. The van der Waals surface area contributed by atoms with Crippen LogP contribution in [-0.2, 0) is 11.3 Å². The number of carbonyl (C=O) groups excluding carboxylic acids is 1. The molecule has 2 aromatic rings. The van der Waals surface area contributed by atoms with Crippen molar-refractivity contribution in [1.29, 1.82) is 0 Å². The lowest BCUT2D eigenvalue weighted by atomic mass is 10.1. The number of hydrogen-bond donors (Lipinski definition) is 1. The zero-order valence-electron chi connectivity index (χ0n) is 12.8. The third-order valence-electron chi connectivity index (χ3n) is 3.21. The molecule has 1 N–H and O–H groups in total. The van der Waals surface area contributed by atoms with Crippen molar-refractivity contribution in [2.75, 3.05) is 13.7 Å². The molecule has 0 spiro atoms. The Kier molecular flexibility index (Phi) is 5.47. The summed E-state index contributed by atoms with van der Waals surface area (Å²) in [6.45, 7) is -0.556. The van der Waals surface area contributed by atoms with Crippen molar-refractivity contribution in [3.8, 4) is 5.75 Å². The van der Waals surface area contributed by atoms with Crippen molar-refractivity contribution in [3.05, 3.63) is 65.2 Å². The predicted molar refractivity (Wildman–Crippen MR) is 81.7 cm³/mol. The first-order valence-electron chi connectivity index (χ1n) is 7.01. The Bertz CT molecular complexity index is 764. The predicted octanol–water partition coefficient (Wildman–Crippen LogP) is 2.70. The molecule has 0 fully saturated rings. The van der Waals surface area contributed by atoms with Crippen LogP contribution in [0.2, 0.25) is 0 Å². The van der Waals surface area contributed by atoms with Gasteiger partial charge in [-0.05, 0) is 24.3 Å². The molecular weight excluding hydrogens is 320 g/mol. The van der Waals surface area contributed by atoms with Crippen LogP contribution in [0.25, 0.3) is 0 Å². The van der Waals surface area contributed by atoms with Crippen LogP contribution in [0.5, 0.6) is 5.75 Å². The Balaban J connectivity index is 2.09. The van der Waals surface area contributed by atoms with E-state index < -0.39 is 30.1 Å². The molecule has 0 bridgehead atoms. The first-order valence-corrected chi connectivity index (χ1v) is 7.01. The Morgan fingerprint density at radius 1 is 1.17 bits per heavy atom. The van der Waals surface area contributed by atoms with Crippen LogP contribution in [-0.4, -0.2) is 35.5 Å². The van der Waals surface area contributed by atoms with E-state index in [1.807, 2.05) is 0 Å². The number of nitrogens with zero attached hydrogens (tertiary/aromatic N) is 1. The molecule has 0 aromatic heterocycles.